The molecule has 0 heterocycles. The number of thioether (sulfide) groups is 1. The number of nitrogens with two attached hydrogens (primary N) is 1. The van der Waals surface area contributed by atoms with E-state index >= 15 is 0 Å². The Bertz CT molecular complexity index is 311. The number of hydrogen-bond acceptors (Lipinski definition) is 2. The number of primary amides is 1. The third-order valence-electron chi connectivity index (χ3n) is 2.55. The standard InChI is InChI=1S/C12H18F3NOS/c1-3-4-5-6-7-11(2,10(16)17)18-9-8-12(13,14)15/h1H,4-9H2,2H3,(H2,16,17). The van der Waals surface area contributed by atoms with Gasteiger partial charge in [0.2, 0.25) is 5.91 Å². The summed E-state index contributed by atoms with van der Waals surface area (Å²) < 4.78 is 35.2. The first-order chi connectivity index (χ1) is 8.21. The average Bonchev–Trinajstić information content (AvgIpc) is 2.22. The SMILES string of the molecule is C#CCCCCC(C)(SCCC(F)(F)F)C(N)=O. The highest BCUT2D eigenvalue weighted by Crippen LogP contribution is 2.33. The van der Waals surface area contributed by atoms with E-state index in [-0.39, 0.29) is 5.75 Å². The molecule has 0 aromatic heterocycles. The van der Waals surface area contributed by atoms with Gasteiger partial charge in [0.15, 0.2) is 0 Å². The van der Waals surface area contributed by atoms with E-state index in [0.29, 0.717) is 19.3 Å². The van der Waals surface area contributed by atoms with Crippen LogP contribution in [0.15, 0.2) is 0 Å². The number of terminal acetylenes is 1. The highest BCUT2D eigenvalue weighted by atomic mass is 32.2. The summed E-state index contributed by atoms with van der Waals surface area (Å²) in [4.78, 5) is 11.3. The second-order valence-corrected chi connectivity index (χ2v) is 5.82. The Morgan fingerprint density at radius 1 is 1.33 bits per heavy atom. The van der Waals surface area contributed by atoms with Crippen LogP contribution in [0.5, 0.6) is 0 Å². The first-order valence-corrected chi connectivity index (χ1v) is 6.64. The fraction of sp³-hybridized carbons (Fsp3) is 0.750. The fourth-order valence-corrected chi connectivity index (χ4v) is 2.56. The van der Waals surface area contributed by atoms with Gasteiger partial charge in [-0.3, -0.25) is 4.79 Å². The van der Waals surface area contributed by atoms with Crippen molar-refractivity contribution < 1.29 is 18.0 Å². The zero-order valence-corrected chi connectivity index (χ0v) is 11.2. The summed E-state index contributed by atoms with van der Waals surface area (Å²) in [5.74, 6) is 1.75. The average molecular weight is 281 g/mol. The van der Waals surface area contributed by atoms with Gasteiger partial charge in [0.1, 0.15) is 0 Å². The van der Waals surface area contributed by atoms with Crippen molar-refractivity contribution in [2.24, 2.45) is 5.73 Å². The van der Waals surface area contributed by atoms with E-state index in [1.165, 1.54) is 0 Å². The van der Waals surface area contributed by atoms with E-state index in [4.69, 9.17) is 12.2 Å². The molecule has 0 bridgehead atoms. The molecule has 0 saturated heterocycles. The molecule has 2 N–H and O–H groups in total. The van der Waals surface area contributed by atoms with Crippen molar-refractivity contribution in [3.05, 3.63) is 0 Å². The Morgan fingerprint density at radius 2 is 1.94 bits per heavy atom. The molecule has 0 saturated carbocycles. The third-order valence-corrected chi connectivity index (χ3v) is 4.00. The first-order valence-electron chi connectivity index (χ1n) is 5.65. The molecule has 1 unspecified atom stereocenters. The van der Waals surface area contributed by atoms with Gasteiger partial charge in [-0.05, 0) is 19.8 Å². The summed E-state index contributed by atoms with van der Waals surface area (Å²) in [7, 11) is 0. The maximum absolute atomic E-state index is 12.0. The number of unbranched alkanes of at least 4 members (excludes halogenated alkanes) is 2. The Morgan fingerprint density at radius 3 is 2.39 bits per heavy atom. The second-order valence-electron chi connectivity index (χ2n) is 4.22. The maximum Gasteiger partial charge on any atom is 0.389 e. The van der Waals surface area contributed by atoms with E-state index in [0.717, 1.165) is 18.2 Å². The Balaban J connectivity index is 4.19. The van der Waals surface area contributed by atoms with Crippen LogP contribution >= 0.6 is 11.8 Å². The van der Waals surface area contributed by atoms with Gasteiger partial charge < -0.3 is 5.73 Å². The topological polar surface area (TPSA) is 43.1 Å². The second kappa shape index (κ2) is 7.57. The number of carbonyl (C=O) groups excluding carboxylic acids is 1. The minimum Gasteiger partial charge on any atom is -0.368 e. The summed E-state index contributed by atoms with van der Waals surface area (Å²) in [5.41, 5.74) is 5.25. The molecule has 0 aromatic carbocycles. The minimum absolute atomic E-state index is 0.155. The smallest absolute Gasteiger partial charge is 0.368 e. The molecule has 0 aliphatic carbocycles. The van der Waals surface area contributed by atoms with Crippen LogP contribution in [0.1, 0.15) is 39.0 Å². The quantitative estimate of drug-likeness (QED) is 0.549. The van der Waals surface area contributed by atoms with Crippen molar-refractivity contribution in [2.45, 2.75) is 50.0 Å². The Hall–Kier alpha value is -0.830. The van der Waals surface area contributed by atoms with Crippen LogP contribution in [0, 0.1) is 12.3 Å². The first kappa shape index (κ1) is 17.2. The molecular weight excluding hydrogens is 263 g/mol. The van der Waals surface area contributed by atoms with Crippen molar-refractivity contribution >= 4 is 17.7 Å². The van der Waals surface area contributed by atoms with E-state index in [2.05, 4.69) is 5.92 Å². The van der Waals surface area contributed by atoms with Gasteiger partial charge in [0, 0.05) is 12.2 Å². The zero-order chi connectivity index (χ0) is 14.2. The van der Waals surface area contributed by atoms with Gasteiger partial charge in [-0.25, -0.2) is 0 Å². The lowest BCUT2D eigenvalue weighted by Crippen LogP contribution is -2.38. The van der Waals surface area contributed by atoms with E-state index in [1.54, 1.807) is 6.92 Å². The van der Waals surface area contributed by atoms with Crippen LogP contribution in [0.25, 0.3) is 0 Å². The molecule has 0 aliphatic rings. The molecule has 0 radical (unpaired) electrons. The van der Waals surface area contributed by atoms with Crippen molar-refractivity contribution in [1.82, 2.24) is 0 Å². The lowest BCUT2D eigenvalue weighted by atomic mass is 10.0. The molecule has 0 spiro atoms. The predicted octanol–water partition coefficient (Wildman–Crippen LogP) is 3.11. The summed E-state index contributed by atoms with van der Waals surface area (Å²) in [5, 5.41) is 0. The molecule has 18 heavy (non-hydrogen) atoms. The Kier molecular flexibility index (Phi) is 7.22. The van der Waals surface area contributed by atoms with Gasteiger partial charge in [0.05, 0.1) is 11.2 Å². The molecule has 2 nitrogen and oxygen atoms in total. The van der Waals surface area contributed by atoms with Gasteiger partial charge in [-0.15, -0.1) is 24.1 Å². The lowest BCUT2D eigenvalue weighted by molar-refractivity contribution is -0.130. The number of carbonyl (C=O) groups is 1. The van der Waals surface area contributed by atoms with Crippen LogP contribution in [-0.2, 0) is 4.79 Å². The predicted molar refractivity (Wildman–Crippen MR) is 68.0 cm³/mol. The number of halogens is 3. The highest BCUT2D eigenvalue weighted by molar-refractivity contribution is 8.01. The van der Waals surface area contributed by atoms with Crippen molar-refractivity contribution in [3.8, 4) is 12.3 Å². The van der Waals surface area contributed by atoms with Crippen molar-refractivity contribution in [2.75, 3.05) is 5.75 Å². The molecule has 0 aromatic rings. The normalized spacial score (nSPS) is 14.8. The largest absolute Gasteiger partial charge is 0.389 e. The van der Waals surface area contributed by atoms with Crippen LogP contribution in [-0.4, -0.2) is 22.6 Å². The summed E-state index contributed by atoms with van der Waals surface area (Å²) in [6.45, 7) is 1.59. The lowest BCUT2D eigenvalue weighted by Gasteiger charge is -2.25. The van der Waals surface area contributed by atoms with Crippen molar-refractivity contribution in [3.63, 3.8) is 0 Å². The van der Waals surface area contributed by atoms with Gasteiger partial charge >= 0.3 is 6.18 Å². The summed E-state index contributed by atoms with van der Waals surface area (Å²) in [6.07, 6.45) is 2.47. The number of rotatable bonds is 8. The molecular formula is C12H18F3NOS. The molecule has 0 aliphatic heterocycles. The fourth-order valence-electron chi connectivity index (χ4n) is 1.35. The third kappa shape index (κ3) is 7.49. The monoisotopic (exact) mass is 281 g/mol. The molecule has 104 valence electrons. The molecule has 0 fully saturated rings. The number of alkyl halides is 3. The summed E-state index contributed by atoms with van der Waals surface area (Å²) >= 11 is 0.971. The molecule has 1 atom stereocenters. The van der Waals surface area contributed by atoms with Crippen LogP contribution < -0.4 is 5.73 Å². The van der Waals surface area contributed by atoms with E-state index < -0.39 is 23.3 Å². The van der Waals surface area contributed by atoms with Crippen LogP contribution in [0.3, 0.4) is 0 Å². The van der Waals surface area contributed by atoms with Gasteiger partial charge in [-0.1, -0.05) is 6.42 Å². The van der Waals surface area contributed by atoms with Crippen molar-refractivity contribution in [1.29, 1.82) is 0 Å². The molecule has 1 amide bonds. The molecule has 0 rings (SSSR count). The van der Waals surface area contributed by atoms with E-state index in [9.17, 15) is 18.0 Å². The molecule has 6 heteroatoms. The van der Waals surface area contributed by atoms with E-state index in [1.807, 2.05) is 0 Å². The van der Waals surface area contributed by atoms with Crippen LogP contribution in [0.2, 0.25) is 0 Å². The minimum atomic E-state index is -4.20. The van der Waals surface area contributed by atoms with Gasteiger partial charge in [0.25, 0.3) is 0 Å². The summed E-state index contributed by atoms with van der Waals surface area (Å²) in [6, 6.07) is 0. The zero-order valence-electron chi connectivity index (χ0n) is 10.3. The van der Waals surface area contributed by atoms with Crippen LogP contribution in [0.4, 0.5) is 13.2 Å². The Labute approximate surface area is 110 Å². The van der Waals surface area contributed by atoms with Gasteiger partial charge in [-0.2, -0.15) is 13.2 Å². The maximum atomic E-state index is 12.0. The number of hydrogen-bond donors (Lipinski definition) is 1. The highest BCUT2D eigenvalue weighted by Gasteiger charge is 2.33. The number of amides is 1.